The maximum absolute atomic E-state index is 14.0. The maximum Gasteiger partial charge on any atom is 0.261 e. The van der Waals surface area contributed by atoms with E-state index in [-0.39, 0.29) is 67.2 Å². The number of aryl methyl sites for hydroxylation is 2. The Hall–Kier alpha value is -4.65. The van der Waals surface area contributed by atoms with Gasteiger partial charge in [-0.2, -0.15) is 0 Å². The lowest BCUT2D eigenvalue weighted by Gasteiger charge is -2.45. The Morgan fingerprint density at radius 3 is 2.40 bits per heavy atom. The molecule has 1 saturated heterocycles. The highest BCUT2D eigenvalue weighted by atomic mass is 19.3. The summed E-state index contributed by atoms with van der Waals surface area (Å²) < 4.78 is 30.1. The number of amides is 2. The average Bonchev–Trinajstić information content (AvgIpc) is 3.78. The molecule has 2 aliphatic heterocycles. The van der Waals surface area contributed by atoms with E-state index in [1.165, 1.54) is 10.5 Å². The molecule has 0 unspecified atom stereocenters. The van der Waals surface area contributed by atoms with Crippen molar-refractivity contribution in [2.75, 3.05) is 45.8 Å². The molecular formula is C48H59F2N7O3. The molecule has 4 aliphatic rings. The average molecular weight is 820 g/mol. The van der Waals surface area contributed by atoms with Crippen molar-refractivity contribution in [1.29, 1.82) is 0 Å². The molecule has 4 aromatic rings. The number of aromatic nitrogens is 3. The van der Waals surface area contributed by atoms with Crippen molar-refractivity contribution in [1.82, 2.24) is 34.1 Å². The summed E-state index contributed by atoms with van der Waals surface area (Å²) in [5.41, 5.74) is 5.74. The molecule has 0 spiro atoms. The summed E-state index contributed by atoms with van der Waals surface area (Å²) in [6.07, 6.45) is 11.7. The summed E-state index contributed by atoms with van der Waals surface area (Å²) in [6.45, 7) is 6.29. The minimum absolute atomic E-state index is 0.0236. The SMILES string of the molecule is Cn1cncc1CN1CCN(CC[C@H](CC(=O)C2CCC(F)(F)CC2)c2ccccc2)C[C@@H]1CN(CCCCN1C(=O)c2ccccc2C1=O)[C@H]1CCCc2cccnc21. The van der Waals surface area contributed by atoms with Crippen LogP contribution in [0.3, 0.4) is 0 Å². The molecule has 10 nitrogen and oxygen atoms in total. The molecule has 0 N–H and O–H groups in total. The van der Waals surface area contributed by atoms with E-state index < -0.39 is 5.92 Å². The second-order valence-electron chi connectivity index (χ2n) is 17.6. The van der Waals surface area contributed by atoms with Gasteiger partial charge in [0.05, 0.1) is 34.9 Å². The number of Topliss-reactive ketones (excluding diaryl/α,β-unsaturated/α-hetero) is 1. The summed E-state index contributed by atoms with van der Waals surface area (Å²) in [7, 11) is 2.04. The molecule has 318 valence electrons. The fourth-order valence-electron chi connectivity index (χ4n) is 10.1. The Bertz CT molecular complexity index is 2060. The van der Waals surface area contributed by atoms with E-state index in [9.17, 15) is 23.2 Å². The van der Waals surface area contributed by atoms with Crippen molar-refractivity contribution in [2.24, 2.45) is 13.0 Å². The lowest BCUT2D eigenvalue weighted by Crippen LogP contribution is -2.57. The number of fused-ring (bicyclic) bond motifs is 2. The highest BCUT2D eigenvalue weighted by molar-refractivity contribution is 6.21. The van der Waals surface area contributed by atoms with E-state index in [1.807, 2.05) is 50.0 Å². The zero-order valence-corrected chi connectivity index (χ0v) is 34.9. The molecular weight excluding hydrogens is 761 g/mol. The minimum Gasteiger partial charge on any atom is -0.337 e. The Balaban J connectivity index is 0.981. The molecule has 4 heterocycles. The first-order valence-electron chi connectivity index (χ1n) is 22.1. The minimum atomic E-state index is -2.65. The fraction of sp³-hybridized carbons (Fsp3) is 0.521. The number of hydrogen-bond acceptors (Lipinski definition) is 8. The molecule has 12 heteroatoms. The number of benzene rings is 2. The van der Waals surface area contributed by atoms with Crippen LogP contribution in [0.1, 0.15) is 119 Å². The van der Waals surface area contributed by atoms with Gasteiger partial charge in [-0.3, -0.25) is 34.1 Å². The molecule has 2 fully saturated rings. The Labute approximate surface area is 353 Å². The number of halogens is 2. The van der Waals surface area contributed by atoms with E-state index >= 15 is 0 Å². The van der Waals surface area contributed by atoms with E-state index in [2.05, 4.69) is 42.4 Å². The van der Waals surface area contributed by atoms with E-state index in [0.29, 0.717) is 30.5 Å². The van der Waals surface area contributed by atoms with Crippen LogP contribution < -0.4 is 0 Å². The molecule has 2 amide bonds. The summed E-state index contributed by atoms with van der Waals surface area (Å²) in [5, 5.41) is 0. The Kier molecular flexibility index (Phi) is 13.3. The van der Waals surface area contributed by atoms with Gasteiger partial charge in [-0.05, 0) is 99.7 Å². The lowest BCUT2D eigenvalue weighted by atomic mass is 9.79. The number of rotatable bonds is 17. The van der Waals surface area contributed by atoms with Gasteiger partial charge >= 0.3 is 0 Å². The van der Waals surface area contributed by atoms with Crippen LogP contribution in [0.5, 0.6) is 0 Å². The van der Waals surface area contributed by atoms with Crippen LogP contribution in [-0.2, 0) is 24.8 Å². The van der Waals surface area contributed by atoms with Crippen LogP contribution in [0.2, 0.25) is 0 Å². The summed E-state index contributed by atoms with van der Waals surface area (Å²) in [4.78, 5) is 58.5. The van der Waals surface area contributed by atoms with E-state index in [0.717, 1.165) is 94.9 Å². The normalized spacial score (nSPS) is 21.6. The van der Waals surface area contributed by atoms with Crippen molar-refractivity contribution < 1.29 is 23.2 Å². The highest BCUT2D eigenvalue weighted by Gasteiger charge is 2.39. The fourth-order valence-corrected chi connectivity index (χ4v) is 10.1. The number of imidazole rings is 1. The van der Waals surface area contributed by atoms with Gasteiger partial charge in [-0.1, -0.05) is 48.5 Å². The third-order valence-electron chi connectivity index (χ3n) is 13.7. The summed E-state index contributed by atoms with van der Waals surface area (Å²) in [6, 6.07) is 21.9. The van der Waals surface area contributed by atoms with Crippen LogP contribution in [0.25, 0.3) is 0 Å². The zero-order chi connectivity index (χ0) is 41.6. The molecule has 2 aliphatic carbocycles. The zero-order valence-electron chi connectivity index (χ0n) is 34.9. The van der Waals surface area contributed by atoms with E-state index in [1.54, 1.807) is 24.3 Å². The first-order chi connectivity index (χ1) is 29.1. The number of alkyl halides is 2. The van der Waals surface area contributed by atoms with Crippen LogP contribution in [0.4, 0.5) is 8.78 Å². The second kappa shape index (κ2) is 19.0. The lowest BCUT2D eigenvalue weighted by molar-refractivity contribution is -0.127. The third-order valence-corrected chi connectivity index (χ3v) is 13.7. The smallest absolute Gasteiger partial charge is 0.261 e. The number of carbonyl (C=O) groups is 3. The molecule has 3 atom stereocenters. The van der Waals surface area contributed by atoms with Crippen LogP contribution >= 0.6 is 0 Å². The molecule has 2 aromatic carbocycles. The number of imide groups is 1. The molecule has 1 saturated carbocycles. The van der Waals surface area contributed by atoms with Crippen molar-refractivity contribution in [3.63, 3.8) is 0 Å². The first kappa shape index (κ1) is 42.1. The highest BCUT2D eigenvalue weighted by Crippen LogP contribution is 2.39. The number of unbranched alkanes of at least 4 members (excludes halogenated alkanes) is 1. The number of hydrogen-bond donors (Lipinski definition) is 0. The molecule has 2 aromatic heterocycles. The second-order valence-corrected chi connectivity index (χ2v) is 17.6. The summed E-state index contributed by atoms with van der Waals surface area (Å²) in [5.74, 6) is -3.20. The quantitative estimate of drug-likeness (QED) is 0.0791. The van der Waals surface area contributed by atoms with Gasteiger partial charge in [0.1, 0.15) is 5.78 Å². The number of carbonyl (C=O) groups excluding carboxylic acids is 3. The first-order valence-corrected chi connectivity index (χ1v) is 22.1. The maximum atomic E-state index is 14.0. The molecule has 0 radical (unpaired) electrons. The number of piperazine rings is 1. The standard InChI is InChI=1S/C48H59F2N7O3/c1-53-34-51-30-39(53)32-55-28-27-54(26-20-38(35-11-3-2-4-12-35)29-44(58)36-18-21-48(49,50)22-19-36)31-40(55)33-56(43-17-9-13-37-14-10-23-52-45(37)43)24-7-8-25-57-46(59)41-15-5-6-16-42(41)47(57)60/h2-6,10-12,14-16,23,30,34,36,38,40,43H,7-9,13,17-22,24-29,31-33H2,1H3/t38-,40-,43+/m1/s1. The van der Waals surface area contributed by atoms with E-state index in [4.69, 9.17) is 4.98 Å². The number of nitrogens with zero attached hydrogens (tertiary/aromatic N) is 7. The number of pyridine rings is 1. The topological polar surface area (TPSA) is 94.9 Å². The monoisotopic (exact) mass is 819 g/mol. The van der Waals surface area contributed by atoms with Gasteiger partial charge in [0.25, 0.3) is 11.8 Å². The van der Waals surface area contributed by atoms with Crippen molar-refractivity contribution in [3.05, 3.63) is 119 Å². The predicted octanol–water partition coefficient (Wildman–Crippen LogP) is 7.72. The van der Waals surface area contributed by atoms with Crippen LogP contribution in [0, 0.1) is 5.92 Å². The van der Waals surface area contributed by atoms with Gasteiger partial charge in [0, 0.05) is 89.9 Å². The van der Waals surface area contributed by atoms with Crippen molar-refractivity contribution in [3.8, 4) is 0 Å². The third kappa shape index (κ3) is 9.77. The van der Waals surface area contributed by atoms with Crippen molar-refractivity contribution >= 4 is 17.6 Å². The summed E-state index contributed by atoms with van der Waals surface area (Å²) >= 11 is 0. The van der Waals surface area contributed by atoms with Crippen LogP contribution in [-0.4, -0.2) is 110 Å². The molecule has 8 rings (SSSR count). The molecule has 0 bridgehead atoms. The van der Waals surface area contributed by atoms with Gasteiger partial charge in [-0.15, -0.1) is 0 Å². The Morgan fingerprint density at radius 1 is 0.917 bits per heavy atom. The largest absolute Gasteiger partial charge is 0.337 e. The predicted molar refractivity (Wildman–Crippen MR) is 227 cm³/mol. The Morgan fingerprint density at radius 2 is 1.67 bits per heavy atom. The van der Waals surface area contributed by atoms with Gasteiger partial charge in [0.15, 0.2) is 0 Å². The van der Waals surface area contributed by atoms with Crippen LogP contribution in [0.15, 0.2) is 85.5 Å². The molecule has 60 heavy (non-hydrogen) atoms. The van der Waals surface area contributed by atoms with Gasteiger partial charge in [-0.25, -0.2) is 13.8 Å². The van der Waals surface area contributed by atoms with Gasteiger partial charge < -0.3 is 9.47 Å². The van der Waals surface area contributed by atoms with Gasteiger partial charge in [0.2, 0.25) is 5.92 Å². The van der Waals surface area contributed by atoms with Crippen molar-refractivity contribution in [2.45, 2.75) is 101 Å². The number of ketones is 1.